The first-order valence-electron chi connectivity index (χ1n) is 6.41. The van der Waals surface area contributed by atoms with Crippen molar-refractivity contribution in [1.82, 2.24) is 10.3 Å². The Kier molecular flexibility index (Phi) is 2.81. The molecule has 1 aliphatic rings. The van der Waals surface area contributed by atoms with Gasteiger partial charge in [0.1, 0.15) is 0 Å². The summed E-state index contributed by atoms with van der Waals surface area (Å²) in [6.45, 7) is 3.22. The Morgan fingerprint density at radius 1 is 1.29 bits per heavy atom. The van der Waals surface area contributed by atoms with Crippen LogP contribution in [0.15, 0.2) is 30.3 Å². The van der Waals surface area contributed by atoms with Crippen LogP contribution in [0.5, 0.6) is 0 Å². The van der Waals surface area contributed by atoms with Gasteiger partial charge in [-0.3, -0.25) is 4.98 Å². The minimum absolute atomic E-state index is 0.672. The predicted octanol–water partition coefficient (Wildman–Crippen LogP) is 2.84. The van der Waals surface area contributed by atoms with E-state index in [0.29, 0.717) is 6.04 Å². The second-order valence-corrected chi connectivity index (χ2v) is 4.98. The second kappa shape index (κ2) is 4.46. The van der Waals surface area contributed by atoms with Crippen molar-refractivity contribution in [3.8, 4) is 0 Å². The summed E-state index contributed by atoms with van der Waals surface area (Å²) >= 11 is 0. The van der Waals surface area contributed by atoms with Crippen LogP contribution in [0, 0.1) is 6.92 Å². The van der Waals surface area contributed by atoms with Crippen molar-refractivity contribution in [1.29, 1.82) is 0 Å². The van der Waals surface area contributed by atoms with Gasteiger partial charge in [0.15, 0.2) is 0 Å². The molecule has 0 bridgehead atoms. The topological polar surface area (TPSA) is 24.9 Å². The molecular weight excluding hydrogens is 208 g/mol. The molecule has 2 heterocycles. The van der Waals surface area contributed by atoms with Gasteiger partial charge in [0.05, 0.1) is 5.52 Å². The Bertz CT molecular complexity index is 527. The fourth-order valence-corrected chi connectivity index (χ4v) is 2.62. The Morgan fingerprint density at radius 2 is 2.24 bits per heavy atom. The first-order chi connectivity index (χ1) is 8.31. The van der Waals surface area contributed by atoms with Gasteiger partial charge in [0, 0.05) is 17.1 Å². The SMILES string of the molecule is Cc1ccc2cc(CC3CCCN3)ccc2n1. The van der Waals surface area contributed by atoms with Gasteiger partial charge in [0.25, 0.3) is 0 Å². The molecule has 1 fully saturated rings. The summed E-state index contributed by atoms with van der Waals surface area (Å²) < 4.78 is 0. The molecule has 1 atom stereocenters. The number of benzene rings is 1. The molecule has 1 aromatic carbocycles. The molecule has 3 rings (SSSR count). The molecule has 0 radical (unpaired) electrons. The number of rotatable bonds is 2. The molecule has 0 aliphatic carbocycles. The van der Waals surface area contributed by atoms with E-state index in [2.05, 4.69) is 40.6 Å². The summed E-state index contributed by atoms with van der Waals surface area (Å²) in [6, 6.07) is 11.6. The Labute approximate surface area is 102 Å². The number of nitrogens with one attached hydrogen (secondary N) is 1. The fourth-order valence-electron chi connectivity index (χ4n) is 2.62. The van der Waals surface area contributed by atoms with Crippen molar-refractivity contribution < 1.29 is 0 Å². The van der Waals surface area contributed by atoms with Crippen molar-refractivity contribution in [2.24, 2.45) is 0 Å². The summed E-state index contributed by atoms with van der Waals surface area (Å²) in [5.41, 5.74) is 3.61. The Morgan fingerprint density at radius 3 is 3.06 bits per heavy atom. The molecule has 1 aromatic heterocycles. The Hall–Kier alpha value is -1.41. The van der Waals surface area contributed by atoms with Crippen molar-refractivity contribution in [3.63, 3.8) is 0 Å². The van der Waals surface area contributed by atoms with Crippen molar-refractivity contribution in [2.45, 2.75) is 32.2 Å². The molecule has 1 saturated heterocycles. The van der Waals surface area contributed by atoms with Gasteiger partial charge in [-0.25, -0.2) is 0 Å². The number of aromatic nitrogens is 1. The number of hydrogen-bond donors (Lipinski definition) is 1. The third-order valence-corrected chi connectivity index (χ3v) is 3.54. The quantitative estimate of drug-likeness (QED) is 0.851. The van der Waals surface area contributed by atoms with Crippen LogP contribution in [-0.2, 0) is 6.42 Å². The standard InChI is InChI=1S/C15H18N2/c1-11-4-6-13-9-12(5-7-15(13)17-11)10-14-3-2-8-16-14/h4-7,9,14,16H,2-3,8,10H2,1H3. The van der Waals surface area contributed by atoms with Crippen LogP contribution in [-0.4, -0.2) is 17.6 Å². The maximum Gasteiger partial charge on any atom is 0.0705 e. The van der Waals surface area contributed by atoms with E-state index >= 15 is 0 Å². The van der Waals surface area contributed by atoms with Gasteiger partial charge in [0.2, 0.25) is 0 Å². The zero-order valence-electron chi connectivity index (χ0n) is 10.2. The van der Waals surface area contributed by atoms with E-state index in [1.807, 2.05) is 6.92 Å². The maximum absolute atomic E-state index is 4.53. The molecule has 2 nitrogen and oxygen atoms in total. The third kappa shape index (κ3) is 2.32. The van der Waals surface area contributed by atoms with Crippen LogP contribution in [0.2, 0.25) is 0 Å². The van der Waals surface area contributed by atoms with E-state index < -0.39 is 0 Å². The van der Waals surface area contributed by atoms with Crippen LogP contribution >= 0.6 is 0 Å². The van der Waals surface area contributed by atoms with Crippen molar-refractivity contribution in [3.05, 3.63) is 41.6 Å². The third-order valence-electron chi connectivity index (χ3n) is 3.54. The number of hydrogen-bond acceptors (Lipinski definition) is 2. The van der Waals surface area contributed by atoms with Gasteiger partial charge in [-0.1, -0.05) is 12.1 Å². The second-order valence-electron chi connectivity index (χ2n) is 4.98. The highest BCUT2D eigenvalue weighted by atomic mass is 14.9. The molecule has 1 unspecified atom stereocenters. The average molecular weight is 226 g/mol. The summed E-state index contributed by atoms with van der Waals surface area (Å²) in [7, 11) is 0. The highest BCUT2D eigenvalue weighted by Crippen LogP contribution is 2.18. The molecule has 0 amide bonds. The van der Waals surface area contributed by atoms with Crippen LogP contribution in [0.25, 0.3) is 10.9 Å². The molecule has 0 saturated carbocycles. The molecule has 2 aromatic rings. The number of fused-ring (bicyclic) bond motifs is 1. The zero-order chi connectivity index (χ0) is 11.7. The summed E-state index contributed by atoms with van der Waals surface area (Å²) in [5.74, 6) is 0. The minimum atomic E-state index is 0.672. The zero-order valence-corrected chi connectivity index (χ0v) is 10.2. The monoisotopic (exact) mass is 226 g/mol. The lowest BCUT2D eigenvalue weighted by Crippen LogP contribution is -2.23. The van der Waals surface area contributed by atoms with Crippen molar-refractivity contribution in [2.75, 3.05) is 6.54 Å². The van der Waals surface area contributed by atoms with Gasteiger partial charge in [-0.05, 0) is 56.5 Å². The van der Waals surface area contributed by atoms with E-state index in [1.54, 1.807) is 0 Å². The Balaban J connectivity index is 1.88. The molecule has 1 N–H and O–H groups in total. The number of pyridine rings is 1. The molecule has 1 aliphatic heterocycles. The molecule has 17 heavy (non-hydrogen) atoms. The van der Waals surface area contributed by atoms with E-state index in [1.165, 1.54) is 30.3 Å². The van der Waals surface area contributed by atoms with Gasteiger partial charge in [-0.2, -0.15) is 0 Å². The largest absolute Gasteiger partial charge is 0.314 e. The first kappa shape index (κ1) is 10.7. The minimum Gasteiger partial charge on any atom is -0.314 e. The predicted molar refractivity (Wildman–Crippen MR) is 71.2 cm³/mol. The van der Waals surface area contributed by atoms with Crippen LogP contribution < -0.4 is 5.32 Å². The average Bonchev–Trinajstić information content (AvgIpc) is 2.82. The van der Waals surface area contributed by atoms with Gasteiger partial charge in [-0.15, -0.1) is 0 Å². The summed E-state index contributed by atoms with van der Waals surface area (Å²) in [4.78, 5) is 4.53. The van der Waals surface area contributed by atoms with Crippen molar-refractivity contribution >= 4 is 10.9 Å². The lowest BCUT2D eigenvalue weighted by Gasteiger charge is -2.10. The van der Waals surface area contributed by atoms with Crippen LogP contribution in [0.1, 0.15) is 24.1 Å². The highest BCUT2D eigenvalue weighted by molar-refractivity contribution is 5.79. The van der Waals surface area contributed by atoms with E-state index in [0.717, 1.165) is 17.6 Å². The molecule has 0 spiro atoms. The number of nitrogens with zero attached hydrogens (tertiary/aromatic N) is 1. The van der Waals surface area contributed by atoms with Gasteiger partial charge < -0.3 is 5.32 Å². The first-order valence-corrected chi connectivity index (χ1v) is 6.41. The normalized spacial score (nSPS) is 19.9. The van der Waals surface area contributed by atoms with Crippen LogP contribution in [0.3, 0.4) is 0 Å². The lowest BCUT2D eigenvalue weighted by atomic mass is 10.0. The molecule has 2 heteroatoms. The van der Waals surface area contributed by atoms with Crippen LogP contribution in [0.4, 0.5) is 0 Å². The summed E-state index contributed by atoms with van der Waals surface area (Å²) in [6.07, 6.45) is 3.77. The molecular formula is C15H18N2. The summed E-state index contributed by atoms with van der Waals surface area (Å²) in [5, 5.41) is 4.80. The highest BCUT2D eigenvalue weighted by Gasteiger charge is 2.14. The fraction of sp³-hybridized carbons (Fsp3) is 0.400. The lowest BCUT2D eigenvalue weighted by molar-refractivity contribution is 0.603. The maximum atomic E-state index is 4.53. The van der Waals surface area contributed by atoms with E-state index in [4.69, 9.17) is 0 Å². The van der Waals surface area contributed by atoms with E-state index in [-0.39, 0.29) is 0 Å². The van der Waals surface area contributed by atoms with Gasteiger partial charge >= 0.3 is 0 Å². The number of aryl methyl sites for hydroxylation is 1. The molecule has 88 valence electrons. The van der Waals surface area contributed by atoms with E-state index in [9.17, 15) is 0 Å². The smallest absolute Gasteiger partial charge is 0.0705 e.